The third-order valence-corrected chi connectivity index (χ3v) is 5.62. The molecular weight excluding hydrogens is 420 g/mol. The van der Waals surface area contributed by atoms with E-state index in [-0.39, 0.29) is 28.0 Å². The maximum Gasteiger partial charge on any atom is 0.295 e. The number of azo groups is 1. The summed E-state index contributed by atoms with van der Waals surface area (Å²) in [6, 6.07) is 16.6. The van der Waals surface area contributed by atoms with Crippen LogP contribution in [0.5, 0.6) is 11.6 Å². The van der Waals surface area contributed by atoms with Crippen molar-refractivity contribution in [1.82, 2.24) is 9.78 Å². The molecule has 31 heavy (non-hydrogen) atoms. The van der Waals surface area contributed by atoms with Gasteiger partial charge in [0.25, 0.3) is 10.1 Å². The molecule has 0 fully saturated rings. The molecule has 1 heterocycles. The molecule has 0 spiro atoms. The molecule has 158 valence electrons. The van der Waals surface area contributed by atoms with Crippen LogP contribution in [-0.4, -0.2) is 33.0 Å². The molecule has 0 amide bonds. The molecule has 0 unspecified atom stereocenters. The summed E-state index contributed by atoms with van der Waals surface area (Å²) in [5, 5.41) is 33.8. The summed E-state index contributed by atoms with van der Waals surface area (Å²) >= 11 is 0. The van der Waals surface area contributed by atoms with Gasteiger partial charge in [-0.15, -0.1) is 10.2 Å². The zero-order chi connectivity index (χ0) is 22.2. The highest BCUT2D eigenvalue weighted by Crippen LogP contribution is 2.41. The van der Waals surface area contributed by atoms with Crippen LogP contribution in [-0.2, 0) is 16.7 Å². The lowest BCUT2D eigenvalue weighted by molar-refractivity contribution is 0.410. The molecular formula is C21H18N4O5S. The van der Waals surface area contributed by atoms with Crippen LogP contribution in [0.2, 0.25) is 0 Å². The Hall–Kier alpha value is -3.76. The van der Waals surface area contributed by atoms with E-state index in [1.807, 2.05) is 30.3 Å². The molecule has 0 saturated heterocycles. The third kappa shape index (κ3) is 3.98. The molecule has 0 radical (unpaired) electrons. The fourth-order valence-corrected chi connectivity index (χ4v) is 3.99. The molecule has 3 N–H and O–H groups in total. The molecule has 0 aliphatic carbocycles. The number of phenols is 1. The zero-order valence-electron chi connectivity index (χ0n) is 16.3. The minimum Gasteiger partial charge on any atom is -0.506 e. The number of benzene rings is 3. The van der Waals surface area contributed by atoms with Gasteiger partial charge in [-0.3, -0.25) is 4.55 Å². The lowest BCUT2D eigenvalue weighted by Crippen LogP contribution is -2.00. The van der Waals surface area contributed by atoms with Crippen molar-refractivity contribution in [3.8, 4) is 11.6 Å². The number of fused-ring (bicyclic) bond motifs is 1. The maximum absolute atomic E-state index is 11.7. The SMILES string of the molecule is Cc1nn(Cc2ccccc2)c(O)c1/N=N/c1c(O)cc(S(=O)(=O)O)c2ccccc12. The summed E-state index contributed by atoms with van der Waals surface area (Å²) < 4.78 is 34.2. The molecule has 1 aromatic heterocycles. The molecule has 10 heteroatoms. The summed E-state index contributed by atoms with van der Waals surface area (Å²) in [5.41, 5.74) is 1.49. The zero-order valence-corrected chi connectivity index (χ0v) is 17.2. The Bertz CT molecular complexity index is 1410. The number of hydrogen-bond acceptors (Lipinski definition) is 7. The van der Waals surface area contributed by atoms with Crippen LogP contribution in [0.25, 0.3) is 10.8 Å². The Morgan fingerprint density at radius 2 is 1.55 bits per heavy atom. The van der Waals surface area contributed by atoms with Crippen molar-refractivity contribution < 1.29 is 23.2 Å². The van der Waals surface area contributed by atoms with Crippen LogP contribution in [0.4, 0.5) is 11.4 Å². The molecule has 9 nitrogen and oxygen atoms in total. The molecule has 0 bridgehead atoms. The Balaban J connectivity index is 1.77. The lowest BCUT2D eigenvalue weighted by Gasteiger charge is -2.08. The molecule has 4 rings (SSSR count). The maximum atomic E-state index is 11.7. The van der Waals surface area contributed by atoms with Crippen LogP contribution in [0, 0.1) is 6.92 Å². The van der Waals surface area contributed by atoms with E-state index in [2.05, 4.69) is 15.3 Å². The van der Waals surface area contributed by atoms with Gasteiger partial charge < -0.3 is 10.2 Å². The molecule has 0 aliphatic heterocycles. The highest BCUT2D eigenvalue weighted by atomic mass is 32.2. The van der Waals surface area contributed by atoms with E-state index in [0.29, 0.717) is 12.2 Å². The molecule has 4 aromatic rings. The van der Waals surface area contributed by atoms with Crippen molar-refractivity contribution in [3.63, 3.8) is 0 Å². The van der Waals surface area contributed by atoms with E-state index in [1.165, 1.54) is 10.7 Å². The predicted molar refractivity (Wildman–Crippen MR) is 114 cm³/mol. The number of aryl methyl sites for hydroxylation is 1. The first kappa shape index (κ1) is 20.5. The first-order valence-electron chi connectivity index (χ1n) is 9.20. The van der Waals surface area contributed by atoms with Gasteiger partial charge >= 0.3 is 0 Å². The quantitative estimate of drug-likeness (QED) is 0.311. The predicted octanol–water partition coefficient (Wildman–Crippen LogP) is 4.47. The lowest BCUT2D eigenvalue weighted by atomic mass is 10.1. The van der Waals surface area contributed by atoms with Crippen molar-refractivity contribution >= 4 is 32.3 Å². The average molecular weight is 438 g/mol. The van der Waals surface area contributed by atoms with E-state index >= 15 is 0 Å². The van der Waals surface area contributed by atoms with Crippen LogP contribution >= 0.6 is 0 Å². The second kappa shape index (κ2) is 7.82. The monoisotopic (exact) mass is 438 g/mol. The van der Waals surface area contributed by atoms with Gasteiger partial charge in [-0.05, 0) is 12.5 Å². The van der Waals surface area contributed by atoms with Crippen LogP contribution in [0.3, 0.4) is 0 Å². The minimum absolute atomic E-state index is 0.00221. The van der Waals surface area contributed by atoms with Crippen molar-refractivity contribution in [2.75, 3.05) is 0 Å². The Morgan fingerprint density at radius 3 is 2.23 bits per heavy atom. The molecule has 0 atom stereocenters. The number of rotatable bonds is 5. The van der Waals surface area contributed by atoms with Crippen molar-refractivity contribution in [2.45, 2.75) is 18.4 Å². The standard InChI is InChI=1S/C21H18N4O5S/c1-13-19(21(27)25(24-13)12-14-7-3-2-4-8-14)22-23-20-16-10-6-5-9-15(16)18(11-17(20)26)31(28,29)30/h2-11,26-27H,12H2,1H3,(H,28,29,30)/b23-22+. The fraction of sp³-hybridized carbons (Fsp3) is 0.0952. The summed E-state index contributed by atoms with van der Waals surface area (Å²) in [6.07, 6.45) is 0. The Labute approximate surface area is 177 Å². The van der Waals surface area contributed by atoms with Gasteiger partial charge in [0.15, 0.2) is 5.69 Å². The first-order chi connectivity index (χ1) is 14.8. The summed E-state index contributed by atoms with van der Waals surface area (Å²) in [4.78, 5) is -0.436. The van der Waals surface area contributed by atoms with E-state index in [0.717, 1.165) is 11.6 Å². The Morgan fingerprint density at radius 1 is 0.935 bits per heavy atom. The van der Waals surface area contributed by atoms with Gasteiger partial charge in [-0.1, -0.05) is 54.6 Å². The second-order valence-corrected chi connectivity index (χ2v) is 8.25. The normalized spacial score (nSPS) is 12.1. The molecule has 3 aromatic carbocycles. The Kier molecular flexibility index (Phi) is 5.17. The van der Waals surface area contributed by atoms with E-state index in [4.69, 9.17) is 0 Å². The second-order valence-electron chi connectivity index (χ2n) is 6.86. The van der Waals surface area contributed by atoms with Crippen LogP contribution in [0.15, 0.2) is 75.8 Å². The van der Waals surface area contributed by atoms with Crippen LogP contribution < -0.4 is 0 Å². The first-order valence-corrected chi connectivity index (χ1v) is 10.6. The van der Waals surface area contributed by atoms with E-state index in [1.54, 1.807) is 25.1 Å². The number of aromatic nitrogens is 2. The van der Waals surface area contributed by atoms with Gasteiger partial charge in [-0.25, -0.2) is 4.68 Å². The molecule has 0 saturated carbocycles. The minimum atomic E-state index is -4.56. The number of phenolic OH excluding ortho intramolecular Hbond substituents is 1. The van der Waals surface area contributed by atoms with Gasteiger partial charge in [0, 0.05) is 16.8 Å². The van der Waals surface area contributed by atoms with E-state index in [9.17, 15) is 23.2 Å². The van der Waals surface area contributed by atoms with Crippen molar-refractivity contribution in [1.29, 1.82) is 0 Å². The highest BCUT2D eigenvalue weighted by Gasteiger charge is 2.20. The van der Waals surface area contributed by atoms with Gasteiger partial charge in [0.1, 0.15) is 16.3 Å². The number of nitrogens with zero attached hydrogens (tertiary/aromatic N) is 4. The fourth-order valence-electron chi connectivity index (χ4n) is 3.27. The third-order valence-electron chi connectivity index (χ3n) is 4.73. The summed E-state index contributed by atoms with van der Waals surface area (Å²) in [5.74, 6) is -0.674. The highest BCUT2D eigenvalue weighted by molar-refractivity contribution is 7.86. The molecule has 0 aliphatic rings. The topological polar surface area (TPSA) is 137 Å². The van der Waals surface area contributed by atoms with Gasteiger partial charge in [0.2, 0.25) is 5.88 Å². The smallest absolute Gasteiger partial charge is 0.295 e. The number of aromatic hydroxyl groups is 2. The van der Waals surface area contributed by atoms with Crippen molar-refractivity contribution in [3.05, 3.63) is 71.9 Å². The largest absolute Gasteiger partial charge is 0.506 e. The van der Waals surface area contributed by atoms with Gasteiger partial charge in [0.05, 0.1) is 12.2 Å². The average Bonchev–Trinajstić information content (AvgIpc) is 2.99. The van der Waals surface area contributed by atoms with E-state index < -0.39 is 20.8 Å². The van der Waals surface area contributed by atoms with Gasteiger partial charge in [-0.2, -0.15) is 13.5 Å². The van der Waals surface area contributed by atoms with Crippen molar-refractivity contribution in [2.24, 2.45) is 10.2 Å². The summed E-state index contributed by atoms with van der Waals surface area (Å²) in [6.45, 7) is 2.00. The number of hydrogen-bond donors (Lipinski definition) is 3. The van der Waals surface area contributed by atoms with Crippen LogP contribution in [0.1, 0.15) is 11.3 Å². The summed E-state index contributed by atoms with van der Waals surface area (Å²) in [7, 11) is -4.56.